The van der Waals surface area contributed by atoms with Crippen LogP contribution < -0.4 is 0 Å². The molecule has 0 N–H and O–H groups in total. The van der Waals surface area contributed by atoms with Crippen molar-refractivity contribution >= 4 is 29.3 Å². The second kappa shape index (κ2) is 8.87. The van der Waals surface area contributed by atoms with Crippen molar-refractivity contribution in [2.45, 2.75) is 24.3 Å². The molecule has 26 heavy (non-hydrogen) atoms. The molecule has 0 radical (unpaired) electrons. The van der Waals surface area contributed by atoms with Crippen molar-refractivity contribution in [3.63, 3.8) is 0 Å². The van der Waals surface area contributed by atoms with E-state index >= 15 is 0 Å². The molecule has 0 aliphatic rings. The van der Waals surface area contributed by atoms with Crippen molar-refractivity contribution in [3.8, 4) is 11.5 Å². The monoisotopic (exact) mass is 388 g/mol. The highest BCUT2D eigenvalue weighted by Gasteiger charge is 2.18. The number of nitrogens with zero attached hydrogens (tertiary/aromatic N) is 2. The van der Waals surface area contributed by atoms with Crippen LogP contribution >= 0.6 is 23.4 Å². The molecule has 0 bridgehead atoms. The molecule has 0 spiro atoms. The van der Waals surface area contributed by atoms with Crippen molar-refractivity contribution in [2.75, 3.05) is 5.75 Å². The van der Waals surface area contributed by atoms with E-state index in [1.54, 1.807) is 18.7 Å². The van der Waals surface area contributed by atoms with Crippen molar-refractivity contribution in [2.24, 2.45) is 0 Å². The second-order valence-corrected chi connectivity index (χ2v) is 7.10. The van der Waals surface area contributed by atoms with Crippen LogP contribution in [0.5, 0.6) is 0 Å². The fourth-order valence-corrected chi connectivity index (χ4v) is 3.14. The predicted octanol–water partition coefficient (Wildman–Crippen LogP) is 5.18. The summed E-state index contributed by atoms with van der Waals surface area (Å²) < 4.78 is 11.0. The maximum absolute atomic E-state index is 12.0. The van der Waals surface area contributed by atoms with E-state index in [4.69, 9.17) is 20.8 Å². The summed E-state index contributed by atoms with van der Waals surface area (Å²) in [6, 6.07) is 16.9. The van der Waals surface area contributed by atoms with E-state index in [0.717, 1.165) is 10.5 Å². The molecule has 1 atom stereocenters. The zero-order valence-electron chi connectivity index (χ0n) is 14.1. The molecule has 5 nitrogen and oxygen atoms in total. The Morgan fingerprint density at radius 1 is 1.15 bits per heavy atom. The van der Waals surface area contributed by atoms with E-state index in [-0.39, 0.29) is 18.3 Å². The van der Waals surface area contributed by atoms with Crippen LogP contribution in [-0.2, 0) is 9.53 Å². The van der Waals surface area contributed by atoms with Gasteiger partial charge in [0.25, 0.3) is 5.89 Å². The lowest BCUT2D eigenvalue weighted by atomic mass is 10.2. The van der Waals surface area contributed by atoms with Gasteiger partial charge in [-0.05, 0) is 43.3 Å². The molecule has 0 unspecified atom stereocenters. The lowest BCUT2D eigenvalue weighted by Gasteiger charge is -2.09. The molecule has 0 fully saturated rings. The highest BCUT2D eigenvalue weighted by Crippen LogP contribution is 2.24. The van der Waals surface area contributed by atoms with Crippen molar-refractivity contribution < 1.29 is 13.9 Å². The average Bonchev–Trinajstić information content (AvgIpc) is 3.14. The number of hydrogen-bond acceptors (Lipinski definition) is 6. The van der Waals surface area contributed by atoms with Crippen molar-refractivity contribution in [1.29, 1.82) is 0 Å². The fraction of sp³-hybridized carbons (Fsp3) is 0.211. The third-order valence-corrected chi connectivity index (χ3v) is 4.77. The Morgan fingerprint density at radius 3 is 2.62 bits per heavy atom. The Kier molecular flexibility index (Phi) is 6.30. The molecule has 7 heteroatoms. The van der Waals surface area contributed by atoms with Gasteiger partial charge in [-0.25, -0.2) is 0 Å². The Bertz CT molecular complexity index is 853. The summed E-state index contributed by atoms with van der Waals surface area (Å²) in [7, 11) is 0. The summed E-state index contributed by atoms with van der Waals surface area (Å²) in [4.78, 5) is 13.1. The van der Waals surface area contributed by atoms with Gasteiger partial charge in [0.15, 0.2) is 6.10 Å². The SMILES string of the molecule is C[C@H](OC(=O)CCSc1ccc(Cl)cc1)c1nnc(-c2ccccc2)o1. The van der Waals surface area contributed by atoms with Gasteiger partial charge >= 0.3 is 5.97 Å². The van der Waals surface area contributed by atoms with E-state index < -0.39 is 6.10 Å². The number of esters is 1. The zero-order valence-corrected chi connectivity index (χ0v) is 15.7. The van der Waals surface area contributed by atoms with Crippen LogP contribution in [-0.4, -0.2) is 21.9 Å². The minimum absolute atomic E-state index is 0.280. The third kappa shape index (κ3) is 5.09. The van der Waals surface area contributed by atoms with Crippen LogP contribution in [0.2, 0.25) is 5.02 Å². The number of benzene rings is 2. The van der Waals surface area contributed by atoms with Crippen LogP contribution in [0.25, 0.3) is 11.5 Å². The maximum atomic E-state index is 12.0. The summed E-state index contributed by atoms with van der Waals surface area (Å²) in [5.41, 5.74) is 0.823. The number of aromatic nitrogens is 2. The largest absolute Gasteiger partial charge is 0.453 e. The standard InChI is InChI=1S/C19H17ClN2O3S/c1-13(18-21-22-19(25-18)14-5-3-2-4-6-14)24-17(23)11-12-26-16-9-7-15(20)8-10-16/h2-10,13H,11-12H2,1H3/t13-/m0/s1. The van der Waals surface area contributed by atoms with E-state index in [9.17, 15) is 4.79 Å². The zero-order chi connectivity index (χ0) is 18.4. The molecule has 3 rings (SSSR count). The summed E-state index contributed by atoms with van der Waals surface area (Å²) in [5, 5.41) is 8.66. The first kappa shape index (κ1) is 18.5. The molecular weight excluding hydrogens is 372 g/mol. The highest BCUT2D eigenvalue weighted by molar-refractivity contribution is 7.99. The van der Waals surface area contributed by atoms with E-state index in [0.29, 0.717) is 16.7 Å². The number of carbonyl (C=O) groups excluding carboxylic acids is 1. The van der Waals surface area contributed by atoms with Gasteiger partial charge in [0.05, 0.1) is 6.42 Å². The molecule has 0 saturated heterocycles. The number of halogens is 1. The average molecular weight is 389 g/mol. The van der Waals surface area contributed by atoms with Crippen LogP contribution in [0, 0.1) is 0 Å². The molecule has 2 aromatic carbocycles. The third-order valence-electron chi connectivity index (χ3n) is 3.51. The van der Waals surface area contributed by atoms with Gasteiger partial charge < -0.3 is 9.15 Å². The Morgan fingerprint density at radius 2 is 1.88 bits per heavy atom. The van der Waals surface area contributed by atoms with Crippen LogP contribution in [0.15, 0.2) is 63.9 Å². The summed E-state index contributed by atoms with van der Waals surface area (Å²) in [6.07, 6.45) is -0.301. The molecule has 3 aromatic rings. The lowest BCUT2D eigenvalue weighted by Crippen LogP contribution is -2.09. The van der Waals surface area contributed by atoms with Crippen LogP contribution in [0.3, 0.4) is 0 Å². The van der Waals surface area contributed by atoms with Crippen LogP contribution in [0.1, 0.15) is 25.3 Å². The van der Waals surface area contributed by atoms with Crippen LogP contribution in [0.4, 0.5) is 0 Å². The second-order valence-electron chi connectivity index (χ2n) is 5.50. The molecule has 0 aliphatic carbocycles. The highest BCUT2D eigenvalue weighted by atomic mass is 35.5. The Labute approximate surface area is 160 Å². The van der Waals surface area contributed by atoms with Crippen molar-refractivity contribution in [3.05, 3.63) is 65.5 Å². The number of ether oxygens (including phenoxy) is 1. The number of thioether (sulfide) groups is 1. The van der Waals surface area contributed by atoms with Gasteiger partial charge in [-0.1, -0.05) is 29.8 Å². The molecule has 0 aliphatic heterocycles. The summed E-state index contributed by atoms with van der Waals surface area (Å²) >= 11 is 7.42. The van der Waals surface area contributed by atoms with E-state index in [2.05, 4.69) is 10.2 Å². The Balaban J connectivity index is 1.48. The van der Waals surface area contributed by atoms with E-state index in [1.807, 2.05) is 54.6 Å². The molecule has 1 heterocycles. The first-order valence-electron chi connectivity index (χ1n) is 8.08. The lowest BCUT2D eigenvalue weighted by molar-refractivity contribution is -0.149. The Hall–Kier alpha value is -2.31. The van der Waals surface area contributed by atoms with E-state index in [1.165, 1.54) is 0 Å². The molecule has 134 valence electrons. The first-order chi connectivity index (χ1) is 12.6. The number of rotatable bonds is 7. The van der Waals surface area contributed by atoms with Gasteiger partial charge in [0.2, 0.25) is 5.89 Å². The topological polar surface area (TPSA) is 65.2 Å². The van der Waals surface area contributed by atoms with Crippen molar-refractivity contribution in [1.82, 2.24) is 10.2 Å². The summed E-state index contributed by atoms with van der Waals surface area (Å²) in [5.74, 6) is 0.995. The normalized spacial score (nSPS) is 11.9. The number of hydrogen-bond donors (Lipinski definition) is 0. The van der Waals surface area contributed by atoms with Gasteiger partial charge in [-0.3, -0.25) is 4.79 Å². The molecule has 1 aromatic heterocycles. The molecular formula is C19H17ClN2O3S. The fourth-order valence-electron chi connectivity index (χ4n) is 2.19. The quantitative estimate of drug-likeness (QED) is 0.410. The molecule has 0 saturated carbocycles. The van der Waals surface area contributed by atoms with Gasteiger partial charge in [-0.2, -0.15) is 0 Å². The first-order valence-corrected chi connectivity index (χ1v) is 9.45. The molecule has 0 amide bonds. The van der Waals surface area contributed by atoms with Gasteiger partial charge in [0.1, 0.15) is 0 Å². The smallest absolute Gasteiger partial charge is 0.307 e. The minimum Gasteiger partial charge on any atom is -0.453 e. The minimum atomic E-state index is -0.590. The van der Waals surface area contributed by atoms with Gasteiger partial charge in [0, 0.05) is 21.2 Å². The predicted molar refractivity (Wildman–Crippen MR) is 101 cm³/mol. The van der Waals surface area contributed by atoms with Gasteiger partial charge in [-0.15, -0.1) is 22.0 Å². The number of carbonyl (C=O) groups is 1. The maximum Gasteiger partial charge on any atom is 0.307 e. The summed E-state index contributed by atoms with van der Waals surface area (Å²) in [6.45, 7) is 1.71.